The van der Waals surface area contributed by atoms with Crippen LogP contribution in [0.2, 0.25) is 0 Å². The first kappa shape index (κ1) is 14.9. The number of hydrogen-bond donors (Lipinski definition) is 2. The first-order valence-electron chi connectivity index (χ1n) is 6.05. The average Bonchev–Trinajstić information content (AvgIpc) is 2.98. The first-order valence-corrected chi connectivity index (χ1v) is 6.99. The minimum Gasteiger partial charge on any atom is -0.337 e. The number of carbonyl (C=O) groups is 1. The van der Waals surface area contributed by atoms with Crippen LogP contribution in [0.1, 0.15) is 15.9 Å². The quantitative estimate of drug-likeness (QED) is 0.501. The molecule has 3 N–H and O–H groups in total. The molecule has 0 radical (unpaired) electrons. The Labute approximate surface area is 125 Å². The summed E-state index contributed by atoms with van der Waals surface area (Å²) in [6.45, 7) is 0.426. The molecular weight excluding hydrogens is 292 g/mol. The Morgan fingerprint density at radius 2 is 2.24 bits per heavy atom. The molecule has 1 aromatic carbocycles. The smallest absolute Gasteiger partial charge is 0.294 e. The fraction of sp³-hybridized carbons (Fsp3) is 0.154. The maximum atomic E-state index is 12.4. The molecule has 0 aliphatic carbocycles. The Bertz CT molecular complexity index is 657. The van der Waals surface area contributed by atoms with Gasteiger partial charge in [0.1, 0.15) is 5.69 Å². The van der Waals surface area contributed by atoms with Crippen molar-refractivity contribution < 1.29 is 9.72 Å². The molecule has 1 heterocycles. The summed E-state index contributed by atoms with van der Waals surface area (Å²) in [6.07, 6.45) is 0. The second-order valence-corrected chi connectivity index (χ2v) is 5.17. The number of nitrogens with one attached hydrogen (secondary N) is 1. The number of nitrogens with zero attached hydrogens (tertiary/aromatic N) is 2. The number of carbonyl (C=O) groups excluding carboxylic acids is 1. The van der Waals surface area contributed by atoms with Crippen LogP contribution < -0.4 is 11.3 Å². The molecule has 0 saturated carbocycles. The Morgan fingerprint density at radius 1 is 1.48 bits per heavy atom. The lowest BCUT2D eigenvalue weighted by Crippen LogP contribution is -2.27. The lowest BCUT2D eigenvalue weighted by Gasteiger charge is -2.18. The van der Waals surface area contributed by atoms with Crippen molar-refractivity contribution in [2.24, 2.45) is 5.84 Å². The Balaban J connectivity index is 2.30. The van der Waals surface area contributed by atoms with Gasteiger partial charge in [-0.25, -0.2) is 0 Å². The van der Waals surface area contributed by atoms with Gasteiger partial charge in [-0.05, 0) is 28.5 Å². The first-order chi connectivity index (χ1) is 10.0. The normalized spacial score (nSPS) is 10.2. The van der Waals surface area contributed by atoms with E-state index in [0.29, 0.717) is 6.54 Å². The number of nitrogen functional groups attached to an aromatic ring is 1. The minimum atomic E-state index is -0.579. The maximum Gasteiger partial charge on any atom is 0.294 e. The SMILES string of the molecule is CN(Cc1ccsc1)C(=O)c1cccc([N+](=O)[O-])c1NN. The summed E-state index contributed by atoms with van der Waals surface area (Å²) in [5.74, 6) is 5.00. The molecule has 21 heavy (non-hydrogen) atoms. The van der Waals surface area contributed by atoms with Crippen LogP contribution in [0, 0.1) is 10.1 Å². The number of benzene rings is 1. The number of thiophene rings is 1. The summed E-state index contributed by atoms with van der Waals surface area (Å²) in [5, 5.41) is 14.8. The molecule has 0 atom stereocenters. The molecule has 2 rings (SSSR count). The highest BCUT2D eigenvalue weighted by Crippen LogP contribution is 2.28. The second kappa shape index (κ2) is 6.33. The van der Waals surface area contributed by atoms with E-state index in [0.717, 1.165) is 5.56 Å². The number of anilines is 1. The van der Waals surface area contributed by atoms with Crippen LogP contribution in [0.3, 0.4) is 0 Å². The van der Waals surface area contributed by atoms with E-state index in [1.54, 1.807) is 18.4 Å². The van der Waals surface area contributed by atoms with E-state index < -0.39 is 4.92 Å². The van der Waals surface area contributed by atoms with E-state index in [-0.39, 0.29) is 22.8 Å². The molecule has 8 heteroatoms. The van der Waals surface area contributed by atoms with E-state index in [4.69, 9.17) is 5.84 Å². The molecule has 110 valence electrons. The third-order valence-electron chi connectivity index (χ3n) is 2.96. The zero-order chi connectivity index (χ0) is 15.4. The van der Waals surface area contributed by atoms with Gasteiger partial charge in [0.2, 0.25) is 0 Å². The van der Waals surface area contributed by atoms with E-state index >= 15 is 0 Å². The van der Waals surface area contributed by atoms with Crippen LogP contribution in [-0.4, -0.2) is 22.8 Å². The third-order valence-corrected chi connectivity index (χ3v) is 3.69. The van der Waals surface area contributed by atoms with E-state index in [1.807, 2.05) is 16.8 Å². The number of amides is 1. The van der Waals surface area contributed by atoms with Gasteiger partial charge >= 0.3 is 0 Å². The van der Waals surface area contributed by atoms with Gasteiger partial charge < -0.3 is 10.3 Å². The van der Waals surface area contributed by atoms with Crippen molar-refractivity contribution in [3.8, 4) is 0 Å². The van der Waals surface area contributed by atoms with Gasteiger partial charge in [0.15, 0.2) is 0 Å². The maximum absolute atomic E-state index is 12.4. The number of para-hydroxylation sites is 1. The van der Waals surface area contributed by atoms with Gasteiger partial charge in [0.05, 0.1) is 10.5 Å². The van der Waals surface area contributed by atoms with Crippen LogP contribution >= 0.6 is 11.3 Å². The zero-order valence-electron chi connectivity index (χ0n) is 11.3. The van der Waals surface area contributed by atoms with Crippen molar-refractivity contribution in [2.45, 2.75) is 6.54 Å². The fourth-order valence-corrected chi connectivity index (χ4v) is 2.62. The number of nitro groups is 1. The van der Waals surface area contributed by atoms with Crippen LogP contribution in [0.4, 0.5) is 11.4 Å². The molecule has 0 bridgehead atoms. The van der Waals surface area contributed by atoms with Crippen molar-refractivity contribution in [1.29, 1.82) is 0 Å². The van der Waals surface area contributed by atoms with Gasteiger partial charge in [-0.15, -0.1) is 0 Å². The molecule has 7 nitrogen and oxygen atoms in total. The Hall–Kier alpha value is -2.45. The van der Waals surface area contributed by atoms with Crippen molar-refractivity contribution in [3.63, 3.8) is 0 Å². The zero-order valence-corrected chi connectivity index (χ0v) is 12.1. The molecule has 0 aliphatic rings. The van der Waals surface area contributed by atoms with Gasteiger partial charge in [-0.3, -0.25) is 20.8 Å². The number of hydrazine groups is 1. The number of nitrogens with two attached hydrogens (primary N) is 1. The standard InChI is InChI=1S/C13H14N4O3S/c1-16(7-9-5-6-21-8-9)13(18)10-3-2-4-11(17(19)20)12(10)15-14/h2-6,8,15H,7,14H2,1H3. The summed E-state index contributed by atoms with van der Waals surface area (Å²) in [5.41, 5.74) is 3.22. The molecule has 2 aromatic rings. The van der Waals surface area contributed by atoms with E-state index in [9.17, 15) is 14.9 Å². The van der Waals surface area contributed by atoms with Crippen molar-refractivity contribution in [3.05, 3.63) is 56.3 Å². The highest BCUT2D eigenvalue weighted by molar-refractivity contribution is 7.07. The fourth-order valence-electron chi connectivity index (χ4n) is 1.96. The molecule has 0 aliphatic heterocycles. The van der Waals surface area contributed by atoms with Crippen molar-refractivity contribution >= 4 is 28.6 Å². The Kier molecular flexibility index (Phi) is 4.51. The number of hydrogen-bond acceptors (Lipinski definition) is 6. The molecule has 0 fully saturated rings. The summed E-state index contributed by atoms with van der Waals surface area (Å²) in [6, 6.07) is 6.19. The molecular formula is C13H14N4O3S. The van der Waals surface area contributed by atoms with Crippen molar-refractivity contribution in [1.82, 2.24) is 4.90 Å². The van der Waals surface area contributed by atoms with E-state index in [1.165, 1.54) is 23.1 Å². The van der Waals surface area contributed by atoms with Gasteiger partial charge in [0.25, 0.3) is 11.6 Å². The van der Waals surface area contributed by atoms with E-state index in [2.05, 4.69) is 5.43 Å². The third kappa shape index (κ3) is 3.18. The molecule has 1 aromatic heterocycles. The minimum absolute atomic E-state index is 0.0182. The Morgan fingerprint density at radius 3 is 2.81 bits per heavy atom. The topological polar surface area (TPSA) is 102 Å². The highest BCUT2D eigenvalue weighted by Gasteiger charge is 2.23. The highest BCUT2D eigenvalue weighted by atomic mass is 32.1. The van der Waals surface area contributed by atoms with Crippen LogP contribution in [0.15, 0.2) is 35.0 Å². The van der Waals surface area contributed by atoms with Crippen molar-refractivity contribution in [2.75, 3.05) is 12.5 Å². The average molecular weight is 306 g/mol. The predicted molar refractivity (Wildman–Crippen MR) is 81.0 cm³/mol. The second-order valence-electron chi connectivity index (χ2n) is 4.39. The largest absolute Gasteiger partial charge is 0.337 e. The van der Waals surface area contributed by atoms with Crippen LogP contribution in [-0.2, 0) is 6.54 Å². The molecule has 0 unspecified atom stereocenters. The summed E-state index contributed by atoms with van der Waals surface area (Å²) < 4.78 is 0. The molecule has 1 amide bonds. The van der Waals surface area contributed by atoms with Gasteiger partial charge in [-0.1, -0.05) is 6.07 Å². The number of rotatable bonds is 5. The number of nitro benzene ring substituents is 1. The molecule has 0 saturated heterocycles. The lowest BCUT2D eigenvalue weighted by molar-refractivity contribution is -0.384. The summed E-state index contributed by atoms with van der Waals surface area (Å²) in [7, 11) is 1.64. The summed E-state index contributed by atoms with van der Waals surface area (Å²) >= 11 is 1.54. The van der Waals surface area contributed by atoms with Gasteiger partial charge in [-0.2, -0.15) is 11.3 Å². The van der Waals surface area contributed by atoms with Crippen LogP contribution in [0.5, 0.6) is 0 Å². The monoisotopic (exact) mass is 306 g/mol. The van der Waals surface area contributed by atoms with Gasteiger partial charge in [0, 0.05) is 19.7 Å². The summed E-state index contributed by atoms with van der Waals surface area (Å²) in [4.78, 5) is 24.3. The van der Waals surface area contributed by atoms with Crippen LogP contribution in [0.25, 0.3) is 0 Å². The predicted octanol–water partition coefficient (Wildman–Crippen LogP) is 2.21. The lowest BCUT2D eigenvalue weighted by atomic mass is 10.1. The molecule has 0 spiro atoms.